The number of phenols is 1. The number of aromatic hydroxyl groups is 1. The molecule has 0 saturated carbocycles. The van der Waals surface area contributed by atoms with E-state index in [2.05, 4.69) is 4.99 Å². The molecule has 3 aromatic rings. The number of nitrogens with zero attached hydrogens (tertiary/aromatic N) is 3. The lowest BCUT2D eigenvalue weighted by atomic mass is 9.94. The minimum atomic E-state index is -0.992. The summed E-state index contributed by atoms with van der Waals surface area (Å²) in [7, 11) is 0. The van der Waals surface area contributed by atoms with Crippen LogP contribution in [0.1, 0.15) is 43.5 Å². The first kappa shape index (κ1) is 27.1. The summed E-state index contributed by atoms with van der Waals surface area (Å²) in [5, 5.41) is 21.9. The molecule has 1 N–H and O–H groups in total. The van der Waals surface area contributed by atoms with Crippen molar-refractivity contribution in [3.63, 3.8) is 0 Å². The number of allylic oxidation sites excluding steroid dienone is 1. The van der Waals surface area contributed by atoms with E-state index in [1.165, 1.54) is 16.7 Å². The highest BCUT2D eigenvalue weighted by Gasteiger charge is 2.34. The topological polar surface area (TPSA) is 133 Å². The fourth-order valence-electron chi connectivity index (χ4n) is 4.19. The molecule has 0 unspecified atom stereocenters. The molecule has 38 heavy (non-hydrogen) atoms. The molecule has 1 aliphatic heterocycles. The van der Waals surface area contributed by atoms with E-state index in [0.717, 1.165) is 11.3 Å². The van der Waals surface area contributed by atoms with Crippen molar-refractivity contribution in [2.24, 2.45) is 4.99 Å². The van der Waals surface area contributed by atoms with Gasteiger partial charge in [-0.05, 0) is 57.0 Å². The van der Waals surface area contributed by atoms with Gasteiger partial charge in [-0.2, -0.15) is 0 Å². The summed E-state index contributed by atoms with van der Waals surface area (Å²) in [6.07, 6.45) is 1.58. The van der Waals surface area contributed by atoms with E-state index in [9.17, 15) is 24.8 Å². The lowest BCUT2D eigenvalue weighted by Gasteiger charge is -2.24. The Kier molecular flexibility index (Phi) is 7.70. The van der Waals surface area contributed by atoms with E-state index in [4.69, 9.17) is 21.1 Å². The van der Waals surface area contributed by atoms with Crippen LogP contribution in [0.5, 0.6) is 11.5 Å². The number of rotatable bonds is 7. The van der Waals surface area contributed by atoms with Crippen molar-refractivity contribution in [3.05, 3.63) is 93.1 Å². The Bertz CT molecular complexity index is 1670. The van der Waals surface area contributed by atoms with Crippen LogP contribution in [0, 0.1) is 17.0 Å². The average molecular weight is 558 g/mol. The molecule has 0 fully saturated rings. The zero-order valence-corrected chi connectivity index (χ0v) is 22.6. The van der Waals surface area contributed by atoms with Crippen LogP contribution in [0.4, 0.5) is 5.69 Å². The number of nitro groups is 1. The largest absolute Gasteiger partial charge is 0.503 e. The van der Waals surface area contributed by atoms with Crippen molar-refractivity contribution < 1.29 is 24.3 Å². The number of halogens is 1. The highest BCUT2D eigenvalue weighted by Crippen LogP contribution is 2.36. The molecule has 0 radical (unpaired) electrons. The number of carbonyl (C=O) groups is 1. The van der Waals surface area contributed by atoms with Crippen LogP contribution in [0.15, 0.2) is 51.4 Å². The van der Waals surface area contributed by atoms with Gasteiger partial charge in [-0.25, -0.2) is 9.79 Å². The summed E-state index contributed by atoms with van der Waals surface area (Å²) in [6, 6.07) is 6.65. The Morgan fingerprint density at radius 1 is 1.26 bits per heavy atom. The van der Waals surface area contributed by atoms with Gasteiger partial charge in [-0.1, -0.05) is 35.1 Å². The molecule has 1 aromatic heterocycles. The maximum absolute atomic E-state index is 13.7. The van der Waals surface area contributed by atoms with Crippen molar-refractivity contribution in [3.8, 4) is 11.5 Å². The van der Waals surface area contributed by atoms with Crippen molar-refractivity contribution in [1.82, 2.24) is 4.57 Å². The van der Waals surface area contributed by atoms with Crippen molar-refractivity contribution in [2.45, 2.75) is 33.7 Å². The van der Waals surface area contributed by atoms with Crippen LogP contribution in [0.25, 0.3) is 6.08 Å². The second kappa shape index (κ2) is 10.8. The molecular weight excluding hydrogens is 534 g/mol. The number of nitro benzene ring substituents is 1. The quantitative estimate of drug-likeness (QED) is 0.265. The van der Waals surface area contributed by atoms with Gasteiger partial charge in [0.2, 0.25) is 0 Å². The number of carbonyl (C=O) groups excluding carboxylic acids is 1. The molecule has 0 spiro atoms. The van der Waals surface area contributed by atoms with E-state index >= 15 is 0 Å². The fraction of sp³-hybridized carbons (Fsp3) is 0.269. The number of thiazole rings is 1. The second-order valence-corrected chi connectivity index (χ2v) is 9.80. The Balaban J connectivity index is 1.98. The maximum atomic E-state index is 13.7. The van der Waals surface area contributed by atoms with Gasteiger partial charge in [-0.15, -0.1) is 0 Å². The number of hydrogen-bond acceptors (Lipinski definition) is 9. The van der Waals surface area contributed by atoms with Gasteiger partial charge in [0.1, 0.15) is 0 Å². The smallest absolute Gasteiger partial charge is 0.338 e. The lowest BCUT2D eigenvalue weighted by molar-refractivity contribution is -0.385. The minimum absolute atomic E-state index is 0.0558. The summed E-state index contributed by atoms with van der Waals surface area (Å²) < 4.78 is 12.3. The molecule has 1 aliphatic rings. The summed E-state index contributed by atoms with van der Waals surface area (Å²) in [5.74, 6) is -0.699. The van der Waals surface area contributed by atoms with Gasteiger partial charge >= 0.3 is 5.97 Å². The molecule has 1 atom stereocenters. The number of benzene rings is 2. The molecule has 2 aromatic carbocycles. The second-order valence-electron chi connectivity index (χ2n) is 8.39. The molecular formula is C26H24ClN3O7S. The number of aryl methyl sites for hydroxylation is 1. The van der Waals surface area contributed by atoms with Crippen LogP contribution in [-0.4, -0.2) is 33.8 Å². The maximum Gasteiger partial charge on any atom is 0.338 e. The molecule has 0 saturated heterocycles. The Morgan fingerprint density at radius 2 is 2.00 bits per heavy atom. The van der Waals surface area contributed by atoms with E-state index in [1.807, 2.05) is 0 Å². The van der Waals surface area contributed by atoms with Crippen LogP contribution < -0.4 is 19.6 Å². The third kappa shape index (κ3) is 4.94. The molecule has 2 heterocycles. The molecule has 0 aliphatic carbocycles. The standard InChI is InChI=1S/C26H24ClN3O7S/c1-5-36-19-10-15(9-17(27)23(19)31)11-20-24(32)29-22(16-8-7-13(3)18(12-16)30(34)35)21(25(33)37-6-2)14(4)28-26(29)38-20/h7-12,22,31H,5-6H2,1-4H3/b20-11+/t22-/m1/s1. The number of fused-ring (bicyclic) bond motifs is 1. The third-order valence-electron chi connectivity index (χ3n) is 5.91. The monoisotopic (exact) mass is 557 g/mol. The molecule has 10 nitrogen and oxygen atoms in total. The van der Waals surface area contributed by atoms with E-state index in [0.29, 0.717) is 33.8 Å². The van der Waals surface area contributed by atoms with Crippen molar-refractivity contribution >= 4 is 40.7 Å². The molecule has 0 bridgehead atoms. The average Bonchev–Trinajstić information content (AvgIpc) is 3.16. The number of esters is 1. The highest BCUT2D eigenvalue weighted by molar-refractivity contribution is 7.07. The number of hydrogen-bond donors (Lipinski definition) is 1. The summed E-state index contributed by atoms with van der Waals surface area (Å²) in [6.45, 7) is 7.07. The Morgan fingerprint density at radius 3 is 2.66 bits per heavy atom. The zero-order valence-electron chi connectivity index (χ0n) is 21.0. The Hall–Kier alpha value is -3.96. The van der Waals surface area contributed by atoms with Crippen molar-refractivity contribution in [2.75, 3.05) is 13.2 Å². The fourth-order valence-corrected chi connectivity index (χ4v) is 5.46. The van der Waals surface area contributed by atoms with E-state index in [1.54, 1.807) is 52.0 Å². The molecule has 198 valence electrons. The SMILES string of the molecule is CCOC(=O)C1=C(C)N=c2s/c(=C/c3cc(Cl)c(O)c(OCC)c3)c(=O)n2[C@@H]1c1ccc(C)c([N+](=O)[O-])c1. The first-order valence-electron chi connectivity index (χ1n) is 11.7. The van der Waals surface area contributed by atoms with E-state index in [-0.39, 0.29) is 38.9 Å². The lowest BCUT2D eigenvalue weighted by Crippen LogP contribution is -2.40. The van der Waals surface area contributed by atoms with Crippen LogP contribution in [0.3, 0.4) is 0 Å². The first-order chi connectivity index (χ1) is 18.1. The number of aromatic nitrogens is 1. The summed E-state index contributed by atoms with van der Waals surface area (Å²) in [4.78, 5) is 42.7. The normalized spacial score (nSPS) is 15.2. The van der Waals surface area contributed by atoms with Crippen LogP contribution >= 0.6 is 22.9 Å². The van der Waals surface area contributed by atoms with E-state index < -0.39 is 22.5 Å². The molecule has 0 amide bonds. The minimum Gasteiger partial charge on any atom is -0.503 e. The molecule has 4 rings (SSSR count). The van der Waals surface area contributed by atoms with Crippen LogP contribution in [0.2, 0.25) is 5.02 Å². The number of phenolic OH excluding ortho intramolecular Hbond substituents is 1. The van der Waals surface area contributed by atoms with Gasteiger partial charge < -0.3 is 14.6 Å². The number of ether oxygens (including phenoxy) is 2. The molecule has 12 heteroatoms. The predicted molar refractivity (Wildman–Crippen MR) is 143 cm³/mol. The van der Waals surface area contributed by atoms with Gasteiger partial charge in [0.05, 0.1) is 45.0 Å². The summed E-state index contributed by atoms with van der Waals surface area (Å²) >= 11 is 7.25. The van der Waals surface area contributed by atoms with Gasteiger partial charge in [0.25, 0.3) is 11.2 Å². The van der Waals surface area contributed by atoms with Gasteiger partial charge in [0.15, 0.2) is 16.3 Å². The van der Waals surface area contributed by atoms with Gasteiger partial charge in [0, 0.05) is 11.6 Å². The van der Waals surface area contributed by atoms with Crippen LogP contribution in [-0.2, 0) is 9.53 Å². The highest BCUT2D eigenvalue weighted by atomic mass is 35.5. The van der Waals surface area contributed by atoms with Crippen molar-refractivity contribution in [1.29, 1.82) is 0 Å². The zero-order chi connectivity index (χ0) is 27.7. The predicted octanol–water partition coefficient (Wildman–Crippen LogP) is 3.77. The summed E-state index contributed by atoms with van der Waals surface area (Å²) in [5.41, 5.74) is 1.19. The Labute approximate surface area is 225 Å². The first-order valence-corrected chi connectivity index (χ1v) is 12.9. The van der Waals surface area contributed by atoms with Gasteiger partial charge in [-0.3, -0.25) is 19.5 Å². The third-order valence-corrected chi connectivity index (χ3v) is 7.18.